The minimum absolute atomic E-state index is 0.120. The van der Waals surface area contributed by atoms with E-state index in [0.29, 0.717) is 25.4 Å². The monoisotopic (exact) mass is 618 g/mol. The van der Waals surface area contributed by atoms with Crippen molar-refractivity contribution in [2.75, 3.05) is 33.7 Å². The molecule has 0 aliphatic carbocycles. The van der Waals surface area contributed by atoms with Gasteiger partial charge in [-0.05, 0) is 61.4 Å². The molecule has 6 nitrogen and oxygen atoms in total. The van der Waals surface area contributed by atoms with E-state index in [0.717, 1.165) is 42.4 Å². The lowest BCUT2D eigenvalue weighted by molar-refractivity contribution is 0.0946. The van der Waals surface area contributed by atoms with Crippen LogP contribution < -0.4 is 10.1 Å². The zero-order valence-corrected chi connectivity index (χ0v) is 27.0. The van der Waals surface area contributed by atoms with E-state index >= 15 is 0 Å². The summed E-state index contributed by atoms with van der Waals surface area (Å²) in [6.07, 6.45) is 0.954. The number of carbonyl (C=O) groups is 1. The second-order valence-corrected chi connectivity index (χ2v) is 12.4. The summed E-state index contributed by atoms with van der Waals surface area (Å²) in [6, 6.07) is 40.1. The van der Waals surface area contributed by atoms with Gasteiger partial charge < -0.3 is 15.0 Å². The molecule has 1 aromatic heterocycles. The van der Waals surface area contributed by atoms with E-state index in [9.17, 15) is 4.79 Å². The van der Waals surface area contributed by atoms with Crippen molar-refractivity contribution in [1.29, 1.82) is 0 Å². The number of nitrogens with one attached hydrogen (secondary N) is 1. The highest BCUT2D eigenvalue weighted by molar-refractivity contribution is 7.09. The molecule has 0 bridgehead atoms. The summed E-state index contributed by atoms with van der Waals surface area (Å²) in [7, 11) is 3.99. The van der Waals surface area contributed by atoms with Gasteiger partial charge in [-0.15, -0.1) is 11.3 Å². The van der Waals surface area contributed by atoms with Crippen molar-refractivity contribution >= 4 is 17.2 Å². The van der Waals surface area contributed by atoms with Crippen molar-refractivity contribution in [3.63, 3.8) is 0 Å². The van der Waals surface area contributed by atoms with Crippen LogP contribution in [0.3, 0.4) is 0 Å². The van der Waals surface area contributed by atoms with E-state index in [1.54, 1.807) is 11.3 Å². The number of hydrogen-bond donors (Lipinski definition) is 1. The van der Waals surface area contributed by atoms with Crippen molar-refractivity contribution < 1.29 is 9.53 Å². The van der Waals surface area contributed by atoms with Crippen LogP contribution in [0, 0.1) is 0 Å². The molecule has 0 aliphatic heterocycles. The van der Waals surface area contributed by atoms with Crippen LogP contribution in [0.4, 0.5) is 0 Å². The predicted octanol–water partition coefficient (Wildman–Crippen LogP) is 7.24. The average molecular weight is 619 g/mol. The summed E-state index contributed by atoms with van der Waals surface area (Å²) in [5.74, 6) is 1.01. The molecule has 0 spiro atoms. The van der Waals surface area contributed by atoms with Gasteiger partial charge in [0, 0.05) is 30.9 Å². The van der Waals surface area contributed by atoms with Crippen LogP contribution in [0.15, 0.2) is 121 Å². The lowest BCUT2D eigenvalue weighted by Crippen LogP contribution is -2.31. The molecule has 0 atom stereocenters. The Morgan fingerprint density at radius 2 is 1.40 bits per heavy atom. The zero-order valence-electron chi connectivity index (χ0n) is 26.1. The van der Waals surface area contributed by atoms with Crippen molar-refractivity contribution in [2.24, 2.45) is 0 Å². The second kappa shape index (κ2) is 16.7. The number of hydrogen-bond acceptors (Lipinski definition) is 6. The first kappa shape index (κ1) is 32.1. The Bertz CT molecular complexity index is 1540. The minimum Gasteiger partial charge on any atom is -0.489 e. The van der Waals surface area contributed by atoms with Gasteiger partial charge in [0.2, 0.25) is 0 Å². The van der Waals surface area contributed by atoms with Gasteiger partial charge in [-0.1, -0.05) is 103 Å². The average Bonchev–Trinajstić information content (AvgIpc) is 3.54. The molecule has 0 aliphatic rings. The van der Waals surface area contributed by atoms with E-state index in [4.69, 9.17) is 9.72 Å². The third kappa shape index (κ3) is 10.1. The molecule has 45 heavy (non-hydrogen) atoms. The molecule has 0 unspecified atom stereocenters. The molecule has 1 N–H and O–H groups in total. The van der Waals surface area contributed by atoms with E-state index in [2.05, 4.69) is 95.1 Å². The number of likely N-dealkylation sites (N-methyl/N-ethyl adjacent to an activating group) is 1. The summed E-state index contributed by atoms with van der Waals surface area (Å²) >= 11 is 1.55. The van der Waals surface area contributed by atoms with Gasteiger partial charge in [-0.2, -0.15) is 0 Å². The smallest absolute Gasteiger partial charge is 0.270 e. The predicted molar refractivity (Wildman–Crippen MR) is 184 cm³/mol. The largest absolute Gasteiger partial charge is 0.489 e. The molecule has 0 saturated carbocycles. The molecule has 5 rings (SSSR count). The fourth-order valence-corrected chi connectivity index (χ4v) is 6.09. The Labute approximate surface area is 271 Å². The highest BCUT2D eigenvalue weighted by Gasteiger charge is 2.18. The van der Waals surface area contributed by atoms with Gasteiger partial charge in [-0.3, -0.25) is 9.69 Å². The van der Waals surface area contributed by atoms with Crippen molar-refractivity contribution in [3.8, 4) is 5.75 Å². The molecular formula is C38H42N4O2S. The zero-order chi connectivity index (χ0) is 31.3. The number of rotatable bonds is 16. The van der Waals surface area contributed by atoms with Gasteiger partial charge >= 0.3 is 0 Å². The molecule has 0 radical (unpaired) electrons. The van der Waals surface area contributed by atoms with Crippen molar-refractivity contribution in [2.45, 2.75) is 32.0 Å². The maximum atomic E-state index is 12.7. The number of aromatic nitrogens is 1. The van der Waals surface area contributed by atoms with Crippen molar-refractivity contribution in [3.05, 3.63) is 154 Å². The van der Waals surface area contributed by atoms with Crippen LogP contribution in [0.5, 0.6) is 5.75 Å². The number of ether oxygens (including phenoxy) is 1. The molecule has 232 valence electrons. The van der Waals surface area contributed by atoms with Crippen molar-refractivity contribution in [1.82, 2.24) is 20.1 Å². The Balaban J connectivity index is 1.29. The number of carbonyl (C=O) groups excluding carboxylic acids is 1. The molecular weight excluding hydrogens is 577 g/mol. The normalized spacial score (nSPS) is 11.3. The number of amides is 1. The fourth-order valence-electron chi connectivity index (χ4n) is 5.28. The second-order valence-electron chi connectivity index (χ2n) is 11.5. The van der Waals surface area contributed by atoms with Gasteiger partial charge in [0.05, 0.1) is 6.54 Å². The molecule has 1 heterocycles. The van der Waals surface area contributed by atoms with E-state index in [1.165, 1.54) is 16.7 Å². The highest BCUT2D eigenvalue weighted by atomic mass is 32.1. The Kier molecular flexibility index (Phi) is 11.9. The molecule has 5 aromatic rings. The van der Waals surface area contributed by atoms with Crippen LogP contribution >= 0.6 is 11.3 Å². The molecule has 7 heteroatoms. The summed E-state index contributed by atoms with van der Waals surface area (Å²) in [4.78, 5) is 21.9. The lowest BCUT2D eigenvalue weighted by Gasteiger charge is -2.25. The van der Waals surface area contributed by atoms with Crippen LogP contribution in [-0.2, 0) is 19.7 Å². The Morgan fingerprint density at radius 1 is 0.778 bits per heavy atom. The molecule has 0 saturated heterocycles. The molecule has 4 aromatic carbocycles. The van der Waals surface area contributed by atoms with Crippen LogP contribution in [0.1, 0.15) is 50.1 Å². The first-order valence-corrected chi connectivity index (χ1v) is 16.4. The number of benzene rings is 4. The Hall–Kier alpha value is -4.30. The van der Waals surface area contributed by atoms with Gasteiger partial charge in [0.15, 0.2) is 0 Å². The number of thiazole rings is 1. The van der Waals surface area contributed by atoms with Gasteiger partial charge in [0.25, 0.3) is 5.91 Å². The Morgan fingerprint density at radius 3 is 2.02 bits per heavy atom. The van der Waals surface area contributed by atoms with Gasteiger partial charge in [0.1, 0.15) is 23.1 Å². The summed E-state index contributed by atoms with van der Waals surface area (Å²) in [5, 5.41) is 5.78. The third-order valence-corrected chi connectivity index (χ3v) is 8.54. The summed E-state index contributed by atoms with van der Waals surface area (Å²) in [5.41, 5.74) is 5.47. The molecule has 0 fully saturated rings. The highest BCUT2D eigenvalue weighted by Crippen LogP contribution is 2.29. The number of nitrogens with zero attached hydrogens (tertiary/aromatic N) is 3. The van der Waals surface area contributed by atoms with Crippen LogP contribution in [0.25, 0.3) is 0 Å². The molecule has 1 amide bonds. The van der Waals surface area contributed by atoms with Gasteiger partial charge in [-0.25, -0.2) is 4.98 Å². The lowest BCUT2D eigenvalue weighted by atomic mass is 9.88. The maximum Gasteiger partial charge on any atom is 0.270 e. The summed E-state index contributed by atoms with van der Waals surface area (Å²) < 4.78 is 6.03. The fraction of sp³-hybridized carbons (Fsp3) is 0.263. The topological polar surface area (TPSA) is 57.7 Å². The quantitative estimate of drug-likeness (QED) is 0.126. The van der Waals surface area contributed by atoms with E-state index in [-0.39, 0.29) is 11.8 Å². The van der Waals surface area contributed by atoms with E-state index < -0.39 is 0 Å². The SMILES string of the molecule is CN(C)CCNC(=O)c1csc(CN(CCC(c2ccccc2)c2ccccc2)Cc2ccc(OCc3ccccc3)cc2)n1. The standard InChI is InChI=1S/C38H42N4O2S/c1-41(2)25-23-39-38(43)36-29-45-37(40-36)27-42(24-22-35(32-14-8-4-9-15-32)33-16-10-5-11-17-33)26-30-18-20-34(21-19-30)44-28-31-12-6-3-7-13-31/h3-21,29,35H,22-28H2,1-2H3,(H,39,43). The summed E-state index contributed by atoms with van der Waals surface area (Å²) in [6.45, 7) is 4.22. The van der Waals surface area contributed by atoms with Crippen LogP contribution in [-0.4, -0.2) is 54.4 Å². The van der Waals surface area contributed by atoms with E-state index in [1.807, 2.05) is 54.7 Å². The third-order valence-electron chi connectivity index (χ3n) is 7.70. The first-order valence-electron chi connectivity index (χ1n) is 15.5. The minimum atomic E-state index is -0.120. The maximum absolute atomic E-state index is 12.7. The van der Waals surface area contributed by atoms with Crippen LogP contribution in [0.2, 0.25) is 0 Å². The first-order chi connectivity index (χ1) is 22.0.